The molecular formula is C17H16N2O3S2. The van der Waals surface area contributed by atoms with Crippen molar-refractivity contribution in [2.24, 2.45) is 7.05 Å². The fourth-order valence-corrected chi connectivity index (χ4v) is 4.04. The number of ether oxygens (including phenoxy) is 1. The average molecular weight is 360 g/mol. The van der Waals surface area contributed by atoms with Gasteiger partial charge < -0.3 is 4.74 Å². The fourth-order valence-electron chi connectivity index (χ4n) is 2.29. The molecule has 2 heterocycles. The van der Waals surface area contributed by atoms with Crippen LogP contribution in [0.25, 0.3) is 10.2 Å². The summed E-state index contributed by atoms with van der Waals surface area (Å²) in [6.45, 7) is 1.82. The number of thioether (sulfide) groups is 1. The molecule has 5 nitrogen and oxygen atoms in total. The molecule has 2 aromatic heterocycles. The first-order valence-electron chi connectivity index (χ1n) is 7.30. The van der Waals surface area contributed by atoms with Crippen LogP contribution in [0.1, 0.15) is 17.3 Å². The molecule has 0 spiro atoms. The van der Waals surface area contributed by atoms with Crippen LogP contribution in [0.3, 0.4) is 0 Å². The number of ketones is 1. The van der Waals surface area contributed by atoms with Gasteiger partial charge in [0.2, 0.25) is 0 Å². The number of rotatable bonds is 5. The van der Waals surface area contributed by atoms with Gasteiger partial charge in [-0.05, 0) is 42.6 Å². The molecule has 7 heteroatoms. The van der Waals surface area contributed by atoms with Gasteiger partial charge in [-0.1, -0.05) is 11.8 Å². The molecule has 0 aliphatic carbocycles. The van der Waals surface area contributed by atoms with E-state index < -0.39 is 0 Å². The minimum atomic E-state index is -0.353. The van der Waals surface area contributed by atoms with E-state index in [-0.39, 0.29) is 16.6 Å². The third-order valence-electron chi connectivity index (χ3n) is 3.69. The summed E-state index contributed by atoms with van der Waals surface area (Å²) >= 11 is 2.72. The second kappa shape index (κ2) is 6.78. The Balaban J connectivity index is 1.85. The van der Waals surface area contributed by atoms with E-state index >= 15 is 0 Å². The Morgan fingerprint density at radius 2 is 2.00 bits per heavy atom. The molecule has 0 saturated heterocycles. The first-order valence-corrected chi connectivity index (χ1v) is 9.06. The molecule has 1 unspecified atom stereocenters. The Morgan fingerprint density at radius 3 is 2.67 bits per heavy atom. The van der Waals surface area contributed by atoms with Crippen LogP contribution in [0, 0.1) is 0 Å². The van der Waals surface area contributed by atoms with E-state index in [9.17, 15) is 9.59 Å². The van der Waals surface area contributed by atoms with E-state index in [0.717, 1.165) is 0 Å². The second-order valence-electron chi connectivity index (χ2n) is 5.25. The molecule has 3 aromatic rings. The number of thiophene rings is 1. The number of aromatic nitrogens is 2. The molecule has 3 rings (SSSR count). The SMILES string of the molecule is COc1ccc(C(=O)C(C)Sc2nc3sccc3c(=O)n2C)cc1. The van der Waals surface area contributed by atoms with Crippen molar-refractivity contribution in [3.8, 4) is 5.75 Å². The predicted octanol–water partition coefficient (Wildman–Crippen LogP) is 3.37. The van der Waals surface area contributed by atoms with Gasteiger partial charge in [-0.25, -0.2) is 4.98 Å². The molecule has 0 aliphatic heterocycles. The molecule has 0 fully saturated rings. The van der Waals surface area contributed by atoms with Crippen LogP contribution in [-0.4, -0.2) is 27.7 Å². The summed E-state index contributed by atoms with van der Waals surface area (Å²) in [7, 11) is 3.27. The fraction of sp³-hybridized carbons (Fsp3) is 0.235. The first kappa shape index (κ1) is 16.7. The van der Waals surface area contributed by atoms with Gasteiger partial charge in [0.05, 0.1) is 17.7 Å². The normalized spacial score (nSPS) is 12.3. The molecular weight excluding hydrogens is 344 g/mol. The topological polar surface area (TPSA) is 61.2 Å². The van der Waals surface area contributed by atoms with Gasteiger partial charge in [0.1, 0.15) is 10.6 Å². The smallest absolute Gasteiger partial charge is 0.262 e. The lowest BCUT2D eigenvalue weighted by molar-refractivity contribution is 0.0994. The molecule has 0 amide bonds. The van der Waals surface area contributed by atoms with Crippen LogP contribution >= 0.6 is 23.1 Å². The number of hydrogen-bond donors (Lipinski definition) is 0. The third-order valence-corrected chi connectivity index (χ3v) is 5.64. The van der Waals surface area contributed by atoms with E-state index in [1.54, 1.807) is 44.5 Å². The predicted molar refractivity (Wildman–Crippen MR) is 97.5 cm³/mol. The van der Waals surface area contributed by atoms with Gasteiger partial charge in [-0.2, -0.15) is 0 Å². The Hall–Kier alpha value is -2.12. The second-order valence-corrected chi connectivity index (χ2v) is 7.45. The zero-order chi connectivity index (χ0) is 17.3. The van der Waals surface area contributed by atoms with Crippen LogP contribution in [0.5, 0.6) is 5.75 Å². The van der Waals surface area contributed by atoms with E-state index in [1.165, 1.54) is 27.7 Å². The molecule has 0 radical (unpaired) electrons. The maximum atomic E-state index is 12.6. The van der Waals surface area contributed by atoms with Gasteiger partial charge in [0.25, 0.3) is 5.56 Å². The number of nitrogens with zero attached hydrogens (tertiary/aromatic N) is 2. The third kappa shape index (κ3) is 3.09. The molecule has 1 aromatic carbocycles. The molecule has 0 bridgehead atoms. The lowest BCUT2D eigenvalue weighted by Gasteiger charge is -2.12. The largest absolute Gasteiger partial charge is 0.497 e. The highest BCUT2D eigenvalue weighted by molar-refractivity contribution is 8.00. The van der Waals surface area contributed by atoms with Crippen LogP contribution < -0.4 is 10.3 Å². The molecule has 0 N–H and O–H groups in total. The van der Waals surface area contributed by atoms with E-state index in [4.69, 9.17) is 4.74 Å². The quantitative estimate of drug-likeness (QED) is 0.397. The summed E-state index contributed by atoms with van der Waals surface area (Å²) in [5, 5.41) is 2.65. The average Bonchev–Trinajstić information content (AvgIpc) is 3.07. The van der Waals surface area contributed by atoms with Crippen molar-refractivity contribution >= 4 is 39.1 Å². The molecule has 0 aliphatic rings. The van der Waals surface area contributed by atoms with Gasteiger partial charge >= 0.3 is 0 Å². The van der Waals surface area contributed by atoms with E-state index in [2.05, 4.69) is 4.98 Å². The highest BCUT2D eigenvalue weighted by Gasteiger charge is 2.20. The number of Topliss-reactive ketones (excluding diaryl/α,β-unsaturated/α-hetero) is 1. The summed E-state index contributed by atoms with van der Waals surface area (Å²) in [5.74, 6) is 0.697. The standard InChI is InChI=1S/C17H16N2O3S2/c1-10(14(20)11-4-6-12(22-3)7-5-11)24-17-18-15-13(8-9-23-15)16(21)19(17)2/h4-10H,1-3H3. The van der Waals surface area contributed by atoms with Gasteiger partial charge in [-0.15, -0.1) is 11.3 Å². The van der Waals surface area contributed by atoms with Crippen LogP contribution in [-0.2, 0) is 7.05 Å². The van der Waals surface area contributed by atoms with Crippen LogP contribution in [0.2, 0.25) is 0 Å². The zero-order valence-electron chi connectivity index (χ0n) is 13.5. The number of fused-ring (bicyclic) bond motifs is 1. The highest BCUT2D eigenvalue weighted by Crippen LogP contribution is 2.26. The number of methoxy groups -OCH3 is 1. The molecule has 0 saturated carbocycles. The van der Waals surface area contributed by atoms with Crippen molar-refractivity contribution in [2.75, 3.05) is 7.11 Å². The number of benzene rings is 1. The lowest BCUT2D eigenvalue weighted by atomic mass is 10.1. The summed E-state index contributed by atoms with van der Waals surface area (Å²) in [6.07, 6.45) is 0. The van der Waals surface area contributed by atoms with Gasteiger partial charge in [0.15, 0.2) is 10.9 Å². The number of carbonyl (C=O) groups excluding carboxylic acids is 1. The monoisotopic (exact) mass is 360 g/mol. The summed E-state index contributed by atoms with van der Waals surface area (Å²) in [5.41, 5.74) is 0.519. The Bertz CT molecular complexity index is 945. The van der Waals surface area contributed by atoms with Gasteiger partial charge in [-0.3, -0.25) is 14.2 Å². The summed E-state index contributed by atoms with van der Waals surface area (Å²) in [4.78, 5) is 30.1. The minimum Gasteiger partial charge on any atom is -0.497 e. The lowest BCUT2D eigenvalue weighted by Crippen LogP contribution is -2.21. The first-order chi connectivity index (χ1) is 11.5. The molecule has 24 heavy (non-hydrogen) atoms. The van der Waals surface area contributed by atoms with Gasteiger partial charge in [0, 0.05) is 12.6 Å². The van der Waals surface area contributed by atoms with Crippen molar-refractivity contribution in [3.05, 3.63) is 51.6 Å². The highest BCUT2D eigenvalue weighted by atomic mass is 32.2. The Kier molecular flexibility index (Phi) is 4.73. The van der Waals surface area contributed by atoms with Crippen molar-refractivity contribution in [2.45, 2.75) is 17.3 Å². The Labute approximate surface area is 147 Å². The molecule has 124 valence electrons. The van der Waals surface area contributed by atoms with Crippen molar-refractivity contribution in [3.63, 3.8) is 0 Å². The number of carbonyl (C=O) groups is 1. The van der Waals surface area contributed by atoms with Crippen molar-refractivity contribution in [1.29, 1.82) is 0 Å². The summed E-state index contributed by atoms with van der Waals surface area (Å²) < 4.78 is 6.60. The summed E-state index contributed by atoms with van der Waals surface area (Å²) in [6, 6.07) is 8.78. The maximum Gasteiger partial charge on any atom is 0.262 e. The van der Waals surface area contributed by atoms with Crippen molar-refractivity contribution < 1.29 is 9.53 Å². The van der Waals surface area contributed by atoms with E-state index in [1.807, 2.05) is 12.3 Å². The Morgan fingerprint density at radius 1 is 1.29 bits per heavy atom. The van der Waals surface area contributed by atoms with E-state index in [0.29, 0.717) is 26.7 Å². The minimum absolute atomic E-state index is 0.0109. The van der Waals surface area contributed by atoms with Crippen LogP contribution in [0.15, 0.2) is 45.7 Å². The zero-order valence-corrected chi connectivity index (χ0v) is 15.1. The maximum absolute atomic E-state index is 12.6. The number of hydrogen-bond acceptors (Lipinski definition) is 6. The van der Waals surface area contributed by atoms with Crippen LogP contribution in [0.4, 0.5) is 0 Å². The molecule has 1 atom stereocenters. The van der Waals surface area contributed by atoms with Crippen molar-refractivity contribution in [1.82, 2.24) is 9.55 Å².